The summed E-state index contributed by atoms with van der Waals surface area (Å²) in [6.45, 7) is 5.30. The maximum atomic E-state index is 13.1. The Labute approximate surface area is 206 Å². The Morgan fingerprint density at radius 3 is 2.29 bits per heavy atom. The smallest absolute Gasteiger partial charge is 0.240 e. The fourth-order valence-corrected chi connectivity index (χ4v) is 5.13. The Morgan fingerprint density at radius 2 is 1.63 bits per heavy atom. The Bertz CT molecular complexity index is 1260. The number of phenolic OH excluding ortho intramolecular Hbond substituents is 2. The van der Waals surface area contributed by atoms with Gasteiger partial charge >= 0.3 is 0 Å². The lowest BCUT2D eigenvalue weighted by Gasteiger charge is -2.38. The average Bonchev–Trinajstić information content (AvgIpc) is 2.84. The van der Waals surface area contributed by atoms with Crippen LogP contribution >= 0.6 is 0 Å². The molecule has 0 aliphatic carbocycles. The molecule has 1 aliphatic heterocycles. The second kappa shape index (κ2) is 10.7. The molecular weight excluding hydrogens is 466 g/mol. The summed E-state index contributed by atoms with van der Waals surface area (Å²) < 4.78 is 34.8. The van der Waals surface area contributed by atoms with Crippen molar-refractivity contribution in [2.45, 2.75) is 17.9 Å². The van der Waals surface area contributed by atoms with Crippen LogP contribution in [0.5, 0.6) is 23.0 Å². The van der Waals surface area contributed by atoms with Gasteiger partial charge in [-0.2, -0.15) is 0 Å². The van der Waals surface area contributed by atoms with Crippen LogP contribution in [0.2, 0.25) is 0 Å². The van der Waals surface area contributed by atoms with Gasteiger partial charge in [-0.3, -0.25) is 4.90 Å². The summed E-state index contributed by atoms with van der Waals surface area (Å²) in [6.07, 6.45) is 0. The van der Waals surface area contributed by atoms with E-state index in [-0.39, 0.29) is 29.0 Å². The van der Waals surface area contributed by atoms with Crippen LogP contribution in [-0.2, 0) is 10.0 Å². The molecule has 0 spiro atoms. The van der Waals surface area contributed by atoms with Gasteiger partial charge in [-0.05, 0) is 67.6 Å². The predicted molar refractivity (Wildman–Crippen MR) is 134 cm³/mol. The van der Waals surface area contributed by atoms with Crippen molar-refractivity contribution in [3.8, 4) is 23.0 Å². The summed E-state index contributed by atoms with van der Waals surface area (Å²) in [7, 11) is -1.73. The molecule has 0 aromatic heterocycles. The number of likely N-dealkylation sites (N-methyl/N-ethyl adjacent to an activating group) is 1. The lowest BCUT2D eigenvalue weighted by atomic mass is 10.0. The molecule has 1 saturated heterocycles. The van der Waals surface area contributed by atoms with Crippen LogP contribution in [-0.4, -0.2) is 68.2 Å². The number of nitrogens with one attached hydrogen (secondary N) is 1. The molecule has 35 heavy (non-hydrogen) atoms. The van der Waals surface area contributed by atoms with E-state index in [2.05, 4.69) is 14.5 Å². The molecular formula is C26H31N3O5S. The van der Waals surface area contributed by atoms with Gasteiger partial charge in [0, 0.05) is 38.8 Å². The first kappa shape index (κ1) is 25.0. The zero-order valence-electron chi connectivity index (χ0n) is 19.9. The summed E-state index contributed by atoms with van der Waals surface area (Å²) in [5.41, 5.74) is 1.72. The molecule has 0 saturated carbocycles. The number of aromatic hydroxyl groups is 2. The highest BCUT2D eigenvalue weighted by Gasteiger charge is 2.26. The number of hydrogen-bond acceptors (Lipinski definition) is 7. The molecule has 1 aliphatic rings. The predicted octanol–water partition coefficient (Wildman–Crippen LogP) is 3.47. The first-order chi connectivity index (χ1) is 16.7. The molecule has 186 valence electrons. The third-order valence-electron chi connectivity index (χ3n) is 6.29. The second-order valence-electron chi connectivity index (χ2n) is 8.79. The van der Waals surface area contributed by atoms with Gasteiger partial charge in [0.25, 0.3) is 0 Å². The first-order valence-electron chi connectivity index (χ1n) is 11.5. The van der Waals surface area contributed by atoms with Crippen molar-refractivity contribution < 1.29 is 23.4 Å². The van der Waals surface area contributed by atoms with E-state index in [1.54, 1.807) is 18.2 Å². The van der Waals surface area contributed by atoms with Crippen LogP contribution in [0.4, 0.5) is 0 Å². The lowest BCUT2D eigenvalue weighted by molar-refractivity contribution is 0.112. The summed E-state index contributed by atoms with van der Waals surface area (Å²) in [5, 5.41) is 19.7. The number of para-hydroxylation sites is 1. The fraction of sp³-hybridized carbons (Fsp3) is 0.308. The van der Waals surface area contributed by atoms with Gasteiger partial charge in [0.1, 0.15) is 11.5 Å². The molecule has 0 radical (unpaired) electrons. The number of aryl methyl sites for hydroxylation is 1. The monoisotopic (exact) mass is 497 g/mol. The van der Waals surface area contributed by atoms with E-state index in [0.717, 1.165) is 37.3 Å². The van der Waals surface area contributed by atoms with Crippen LogP contribution in [0.1, 0.15) is 17.2 Å². The quantitative estimate of drug-likeness (QED) is 0.410. The van der Waals surface area contributed by atoms with Crippen molar-refractivity contribution in [3.63, 3.8) is 0 Å². The number of nitrogens with zero attached hydrogens (tertiary/aromatic N) is 2. The number of sulfonamides is 1. The van der Waals surface area contributed by atoms with Crippen molar-refractivity contribution in [1.29, 1.82) is 0 Å². The van der Waals surface area contributed by atoms with Gasteiger partial charge in [-0.15, -0.1) is 0 Å². The Hall–Kier alpha value is -3.11. The Morgan fingerprint density at radius 1 is 0.943 bits per heavy atom. The minimum Gasteiger partial charge on any atom is -0.504 e. The molecule has 3 aromatic rings. The molecule has 8 nitrogen and oxygen atoms in total. The summed E-state index contributed by atoms with van der Waals surface area (Å²) in [5.74, 6) is 0.828. The minimum atomic E-state index is -3.78. The zero-order chi connectivity index (χ0) is 25.0. The first-order valence-corrected chi connectivity index (χ1v) is 13.0. The number of rotatable bonds is 8. The van der Waals surface area contributed by atoms with E-state index in [9.17, 15) is 18.6 Å². The standard InChI is InChI=1S/C26H31N3O5S/c1-19-5-3-4-6-26(19)34-21-8-10-22(11-9-21)35(32,33)27-18-23(29-15-13-28(2)14-16-29)20-7-12-24(30)25(31)17-20/h3-12,17,23,27,30-31H,13-16,18H2,1-2H3. The van der Waals surface area contributed by atoms with Gasteiger partial charge in [-0.1, -0.05) is 24.3 Å². The topological polar surface area (TPSA) is 102 Å². The van der Waals surface area contributed by atoms with Crippen LogP contribution in [0.3, 0.4) is 0 Å². The number of hydrogen-bond donors (Lipinski definition) is 3. The normalized spacial score (nSPS) is 16.2. The van der Waals surface area contributed by atoms with Crippen molar-refractivity contribution in [2.75, 3.05) is 39.8 Å². The lowest BCUT2D eigenvalue weighted by Crippen LogP contribution is -2.48. The molecule has 1 unspecified atom stereocenters. The number of phenols is 2. The highest BCUT2D eigenvalue weighted by atomic mass is 32.2. The second-order valence-corrected chi connectivity index (χ2v) is 10.6. The fourth-order valence-electron chi connectivity index (χ4n) is 4.10. The minimum absolute atomic E-state index is 0.123. The van der Waals surface area contributed by atoms with Gasteiger partial charge in [0.15, 0.2) is 11.5 Å². The van der Waals surface area contributed by atoms with Crippen molar-refractivity contribution in [1.82, 2.24) is 14.5 Å². The maximum Gasteiger partial charge on any atom is 0.240 e. The number of piperazine rings is 1. The molecule has 4 rings (SSSR count). The highest BCUT2D eigenvalue weighted by molar-refractivity contribution is 7.89. The van der Waals surface area contributed by atoms with Gasteiger partial charge in [0.05, 0.1) is 4.90 Å². The Balaban J connectivity index is 1.49. The Kier molecular flexibility index (Phi) is 7.61. The zero-order valence-corrected chi connectivity index (χ0v) is 20.7. The third kappa shape index (κ3) is 6.12. The van der Waals surface area contributed by atoms with Crippen LogP contribution in [0.25, 0.3) is 0 Å². The molecule has 1 heterocycles. The van der Waals surface area contributed by atoms with Gasteiger partial charge in [0.2, 0.25) is 10.0 Å². The third-order valence-corrected chi connectivity index (χ3v) is 7.72. The van der Waals surface area contributed by atoms with E-state index >= 15 is 0 Å². The largest absolute Gasteiger partial charge is 0.504 e. The van der Waals surface area contributed by atoms with Crippen molar-refractivity contribution in [3.05, 3.63) is 77.9 Å². The molecule has 3 N–H and O–H groups in total. The van der Waals surface area contributed by atoms with Gasteiger partial charge in [-0.25, -0.2) is 13.1 Å². The number of benzene rings is 3. The molecule has 9 heteroatoms. The van der Waals surface area contributed by atoms with Crippen molar-refractivity contribution in [2.24, 2.45) is 0 Å². The van der Waals surface area contributed by atoms with Crippen LogP contribution in [0, 0.1) is 6.92 Å². The summed E-state index contributed by atoms with van der Waals surface area (Å²) >= 11 is 0. The van der Waals surface area contributed by atoms with Crippen LogP contribution in [0.15, 0.2) is 71.6 Å². The van der Waals surface area contributed by atoms with E-state index in [1.807, 2.05) is 38.2 Å². The molecule has 3 aromatic carbocycles. The van der Waals surface area contributed by atoms with E-state index in [1.165, 1.54) is 24.3 Å². The maximum absolute atomic E-state index is 13.1. The van der Waals surface area contributed by atoms with Crippen molar-refractivity contribution >= 4 is 10.0 Å². The van der Waals surface area contributed by atoms with Crippen LogP contribution < -0.4 is 9.46 Å². The molecule has 1 fully saturated rings. The van der Waals surface area contributed by atoms with E-state index in [4.69, 9.17) is 4.74 Å². The molecule has 0 amide bonds. The number of ether oxygens (including phenoxy) is 1. The molecule has 0 bridgehead atoms. The van der Waals surface area contributed by atoms with E-state index in [0.29, 0.717) is 11.5 Å². The SMILES string of the molecule is Cc1ccccc1Oc1ccc(S(=O)(=O)NCC(c2ccc(O)c(O)c2)N2CCN(C)CC2)cc1. The summed E-state index contributed by atoms with van der Waals surface area (Å²) in [6, 6.07) is 18.3. The summed E-state index contributed by atoms with van der Waals surface area (Å²) in [4.78, 5) is 4.54. The molecule has 1 atom stereocenters. The average molecular weight is 498 g/mol. The van der Waals surface area contributed by atoms with Gasteiger partial charge < -0.3 is 19.8 Å². The van der Waals surface area contributed by atoms with E-state index < -0.39 is 10.0 Å². The highest BCUT2D eigenvalue weighted by Crippen LogP contribution is 2.31.